The summed E-state index contributed by atoms with van der Waals surface area (Å²) in [6, 6.07) is 9.59. The van der Waals surface area contributed by atoms with E-state index in [2.05, 4.69) is 5.32 Å². The van der Waals surface area contributed by atoms with E-state index in [1.165, 1.54) is 61.7 Å². The number of imide groups is 1. The van der Waals surface area contributed by atoms with E-state index in [-0.39, 0.29) is 22.7 Å². The number of nitrogens with one attached hydrogen (secondary N) is 1. The van der Waals surface area contributed by atoms with Crippen LogP contribution in [0.3, 0.4) is 0 Å². The maximum Gasteiger partial charge on any atom is 0.266 e. The third-order valence-corrected chi connectivity index (χ3v) is 5.75. The normalized spacial score (nSPS) is 16.5. The third-order valence-electron chi connectivity index (χ3n) is 5.75. The molecule has 1 N–H and O–H groups in total. The summed E-state index contributed by atoms with van der Waals surface area (Å²) >= 11 is 0. The molecule has 1 aliphatic heterocycles. The van der Waals surface area contributed by atoms with Gasteiger partial charge >= 0.3 is 0 Å². The molecule has 7 heteroatoms. The predicted molar refractivity (Wildman–Crippen MR) is 114 cm³/mol. The molecule has 31 heavy (non-hydrogen) atoms. The lowest BCUT2D eigenvalue weighted by atomic mass is 9.98. The largest absolute Gasteiger partial charge is 0.378 e. The van der Waals surface area contributed by atoms with Crippen molar-refractivity contribution < 1.29 is 23.5 Å². The van der Waals surface area contributed by atoms with Crippen LogP contribution in [0.2, 0.25) is 0 Å². The van der Waals surface area contributed by atoms with Crippen LogP contribution in [0.5, 0.6) is 0 Å². The summed E-state index contributed by atoms with van der Waals surface area (Å²) in [5.41, 5.74) is 1.000. The topological polar surface area (TPSA) is 75.7 Å². The molecule has 0 saturated heterocycles. The fourth-order valence-electron chi connectivity index (χ4n) is 4.06. The van der Waals surface area contributed by atoms with E-state index < -0.39 is 17.6 Å². The summed E-state index contributed by atoms with van der Waals surface area (Å²) in [5.74, 6) is -1.77. The van der Waals surface area contributed by atoms with E-state index in [4.69, 9.17) is 4.74 Å². The number of hydrogen-bond donors (Lipinski definition) is 1. The third kappa shape index (κ3) is 4.66. The number of rotatable bonds is 7. The van der Waals surface area contributed by atoms with Crippen LogP contribution in [0.4, 0.5) is 10.1 Å². The number of carbonyl (C=O) groups excluding carboxylic acids is 3. The highest BCUT2D eigenvalue weighted by atomic mass is 19.1. The maximum absolute atomic E-state index is 13.2. The van der Waals surface area contributed by atoms with Gasteiger partial charge in [0, 0.05) is 18.7 Å². The number of fused-ring (bicyclic) bond motifs is 1. The Balaban J connectivity index is 1.34. The van der Waals surface area contributed by atoms with Crippen molar-refractivity contribution in [3.8, 4) is 0 Å². The second-order valence-corrected chi connectivity index (χ2v) is 7.92. The minimum Gasteiger partial charge on any atom is -0.378 e. The van der Waals surface area contributed by atoms with E-state index in [0.29, 0.717) is 31.2 Å². The summed E-state index contributed by atoms with van der Waals surface area (Å²) < 4.78 is 19.0. The van der Waals surface area contributed by atoms with Crippen molar-refractivity contribution in [3.05, 3.63) is 65.0 Å². The molecule has 4 rings (SSSR count). The second-order valence-electron chi connectivity index (χ2n) is 7.92. The van der Waals surface area contributed by atoms with Crippen LogP contribution in [0.25, 0.3) is 0 Å². The van der Waals surface area contributed by atoms with Crippen molar-refractivity contribution in [3.63, 3.8) is 0 Å². The fraction of sp³-hybridized carbons (Fsp3) is 0.375. The highest BCUT2D eigenvalue weighted by molar-refractivity contribution is 6.34. The molecule has 0 unspecified atom stereocenters. The number of benzene rings is 2. The van der Waals surface area contributed by atoms with E-state index in [1.54, 1.807) is 0 Å². The van der Waals surface area contributed by atoms with Crippen LogP contribution >= 0.6 is 0 Å². The predicted octanol–water partition coefficient (Wildman–Crippen LogP) is 4.10. The van der Waals surface area contributed by atoms with Crippen molar-refractivity contribution in [2.24, 2.45) is 0 Å². The lowest BCUT2D eigenvalue weighted by Crippen LogP contribution is -2.29. The summed E-state index contributed by atoms with van der Waals surface area (Å²) in [6.07, 6.45) is 7.01. The summed E-state index contributed by atoms with van der Waals surface area (Å²) in [7, 11) is 0. The van der Waals surface area contributed by atoms with Crippen LogP contribution in [-0.4, -0.2) is 37.0 Å². The SMILES string of the molecule is O=C(NCCCOC1CCCCC1)c1ccc2c(c1)C(=O)N(c1ccc(F)cc1)C2=O. The molecular weight excluding hydrogens is 399 g/mol. The van der Waals surface area contributed by atoms with Crippen molar-refractivity contribution in [2.75, 3.05) is 18.1 Å². The molecule has 0 bridgehead atoms. The van der Waals surface area contributed by atoms with E-state index >= 15 is 0 Å². The van der Waals surface area contributed by atoms with Gasteiger partial charge in [-0.3, -0.25) is 14.4 Å². The first-order chi connectivity index (χ1) is 15.0. The molecule has 162 valence electrons. The lowest BCUT2D eigenvalue weighted by molar-refractivity contribution is 0.0273. The van der Waals surface area contributed by atoms with Gasteiger partial charge in [-0.15, -0.1) is 0 Å². The first-order valence-corrected chi connectivity index (χ1v) is 10.7. The molecule has 6 nitrogen and oxygen atoms in total. The number of anilines is 1. The molecule has 1 fully saturated rings. The molecule has 0 spiro atoms. The molecule has 1 heterocycles. The monoisotopic (exact) mass is 424 g/mol. The highest BCUT2D eigenvalue weighted by Crippen LogP contribution is 2.29. The summed E-state index contributed by atoms with van der Waals surface area (Å²) in [5, 5.41) is 2.83. The first kappa shape index (κ1) is 21.2. The highest BCUT2D eigenvalue weighted by Gasteiger charge is 2.37. The van der Waals surface area contributed by atoms with Crippen LogP contribution in [-0.2, 0) is 4.74 Å². The Hall–Kier alpha value is -3.06. The quantitative estimate of drug-likeness (QED) is 0.536. The van der Waals surface area contributed by atoms with Gasteiger partial charge in [-0.05, 0) is 61.7 Å². The van der Waals surface area contributed by atoms with Crippen LogP contribution in [0.15, 0.2) is 42.5 Å². The fourth-order valence-corrected chi connectivity index (χ4v) is 4.06. The zero-order valence-corrected chi connectivity index (χ0v) is 17.2. The zero-order chi connectivity index (χ0) is 21.8. The molecule has 0 radical (unpaired) electrons. The van der Waals surface area contributed by atoms with E-state index in [9.17, 15) is 18.8 Å². The molecule has 2 aliphatic rings. The smallest absolute Gasteiger partial charge is 0.266 e. The zero-order valence-electron chi connectivity index (χ0n) is 17.2. The van der Waals surface area contributed by atoms with Crippen LogP contribution in [0, 0.1) is 5.82 Å². The Labute approximate surface area is 180 Å². The number of amides is 3. The molecule has 1 aliphatic carbocycles. The standard InChI is InChI=1S/C24H25FN2O4/c25-17-8-10-18(11-9-17)27-23(29)20-12-7-16(15-21(20)24(27)30)22(28)26-13-4-14-31-19-5-2-1-3-6-19/h7-12,15,19H,1-6,13-14H2,(H,26,28). The summed E-state index contributed by atoms with van der Waals surface area (Å²) in [6.45, 7) is 1.08. The number of ether oxygens (including phenoxy) is 1. The Morgan fingerprint density at radius 2 is 1.71 bits per heavy atom. The van der Waals surface area contributed by atoms with E-state index in [0.717, 1.165) is 17.7 Å². The van der Waals surface area contributed by atoms with Gasteiger partial charge in [0.25, 0.3) is 17.7 Å². The average molecular weight is 424 g/mol. The number of hydrogen-bond acceptors (Lipinski definition) is 4. The Bertz CT molecular complexity index is 984. The first-order valence-electron chi connectivity index (χ1n) is 10.7. The van der Waals surface area contributed by atoms with Crippen molar-refractivity contribution >= 4 is 23.4 Å². The minimum absolute atomic E-state index is 0.169. The van der Waals surface area contributed by atoms with Crippen molar-refractivity contribution in [1.82, 2.24) is 5.32 Å². The second kappa shape index (κ2) is 9.39. The molecule has 3 amide bonds. The molecule has 2 aromatic rings. The molecule has 0 atom stereocenters. The minimum atomic E-state index is -0.526. The molecular formula is C24H25FN2O4. The van der Waals surface area contributed by atoms with E-state index in [1.807, 2.05) is 0 Å². The summed E-state index contributed by atoms with van der Waals surface area (Å²) in [4.78, 5) is 38.9. The molecule has 1 saturated carbocycles. The molecule has 2 aromatic carbocycles. The van der Waals surface area contributed by atoms with Gasteiger partial charge in [-0.2, -0.15) is 0 Å². The number of halogens is 1. The average Bonchev–Trinajstić information content (AvgIpc) is 3.04. The van der Waals surface area contributed by atoms with Crippen molar-refractivity contribution in [1.29, 1.82) is 0 Å². The number of nitrogens with zero attached hydrogens (tertiary/aromatic N) is 1. The maximum atomic E-state index is 13.2. The van der Waals surface area contributed by atoms with Gasteiger partial charge in [0.2, 0.25) is 0 Å². The van der Waals surface area contributed by atoms with Gasteiger partial charge in [0.15, 0.2) is 0 Å². The van der Waals surface area contributed by atoms with Gasteiger partial charge in [-0.1, -0.05) is 19.3 Å². The number of carbonyl (C=O) groups is 3. The van der Waals surface area contributed by atoms with Gasteiger partial charge in [-0.25, -0.2) is 9.29 Å². The van der Waals surface area contributed by atoms with Gasteiger partial charge < -0.3 is 10.1 Å². The van der Waals surface area contributed by atoms with Crippen molar-refractivity contribution in [2.45, 2.75) is 44.6 Å². The Kier molecular flexibility index (Phi) is 6.42. The van der Waals surface area contributed by atoms with Crippen LogP contribution in [0.1, 0.15) is 69.6 Å². The Morgan fingerprint density at radius 3 is 2.45 bits per heavy atom. The van der Waals surface area contributed by atoms with Crippen LogP contribution < -0.4 is 10.2 Å². The lowest BCUT2D eigenvalue weighted by Gasteiger charge is -2.21. The molecule has 0 aromatic heterocycles. The Morgan fingerprint density at radius 1 is 1.00 bits per heavy atom. The van der Waals surface area contributed by atoms with Gasteiger partial charge in [0.05, 0.1) is 22.9 Å². The van der Waals surface area contributed by atoms with Gasteiger partial charge in [0.1, 0.15) is 5.82 Å².